The van der Waals surface area contributed by atoms with Crippen molar-refractivity contribution in [1.82, 2.24) is 14.7 Å². The number of methoxy groups -OCH3 is 2. The van der Waals surface area contributed by atoms with Crippen LogP contribution in [0.4, 0.5) is 17.3 Å². The van der Waals surface area contributed by atoms with Crippen LogP contribution in [0.25, 0.3) is 11.3 Å². The third kappa shape index (κ3) is 5.53. The van der Waals surface area contributed by atoms with E-state index in [0.29, 0.717) is 23.9 Å². The lowest BCUT2D eigenvalue weighted by Gasteiger charge is -2.12. The Morgan fingerprint density at radius 3 is 2.60 bits per heavy atom. The SMILES string of the molecule is COc1ccc(-c2ccnc(Nc3ccc(SNCCCN)c(OC)c3)n2)cc1N. The molecule has 0 saturated carbocycles. The highest BCUT2D eigenvalue weighted by molar-refractivity contribution is 7.97. The Hall–Kier alpha value is -3.01. The number of hydrogen-bond donors (Lipinski definition) is 4. The summed E-state index contributed by atoms with van der Waals surface area (Å²) in [7, 11) is 3.24. The van der Waals surface area contributed by atoms with Crippen LogP contribution in [0.3, 0.4) is 0 Å². The van der Waals surface area contributed by atoms with Gasteiger partial charge in [0.25, 0.3) is 0 Å². The summed E-state index contributed by atoms with van der Waals surface area (Å²) in [6.45, 7) is 1.50. The molecule has 9 heteroatoms. The monoisotopic (exact) mass is 426 g/mol. The second-order valence-electron chi connectivity index (χ2n) is 6.35. The number of aromatic nitrogens is 2. The lowest BCUT2D eigenvalue weighted by atomic mass is 10.1. The van der Waals surface area contributed by atoms with E-state index in [1.807, 2.05) is 42.5 Å². The summed E-state index contributed by atoms with van der Waals surface area (Å²) in [6, 6.07) is 13.2. The van der Waals surface area contributed by atoms with Gasteiger partial charge in [-0.25, -0.2) is 9.97 Å². The maximum Gasteiger partial charge on any atom is 0.227 e. The van der Waals surface area contributed by atoms with Crippen LogP contribution in [0.15, 0.2) is 53.6 Å². The fourth-order valence-electron chi connectivity index (χ4n) is 2.74. The van der Waals surface area contributed by atoms with Crippen molar-refractivity contribution in [2.75, 3.05) is 38.4 Å². The van der Waals surface area contributed by atoms with Crippen LogP contribution in [-0.2, 0) is 0 Å². The van der Waals surface area contributed by atoms with Crippen molar-refractivity contribution >= 4 is 29.3 Å². The summed E-state index contributed by atoms with van der Waals surface area (Å²) >= 11 is 1.52. The van der Waals surface area contributed by atoms with Gasteiger partial charge in [-0.15, -0.1) is 0 Å². The highest BCUT2D eigenvalue weighted by Gasteiger charge is 2.09. The Balaban J connectivity index is 1.75. The zero-order valence-corrected chi connectivity index (χ0v) is 17.8. The predicted octanol–water partition coefficient (Wildman–Crippen LogP) is 3.43. The van der Waals surface area contributed by atoms with Gasteiger partial charge in [0.15, 0.2) is 0 Å². The van der Waals surface area contributed by atoms with Gasteiger partial charge in [0, 0.05) is 30.1 Å². The number of nitrogen functional groups attached to an aromatic ring is 1. The molecular weight excluding hydrogens is 400 g/mol. The molecule has 1 heterocycles. The van der Waals surface area contributed by atoms with E-state index in [2.05, 4.69) is 20.0 Å². The van der Waals surface area contributed by atoms with Crippen LogP contribution < -0.4 is 31.0 Å². The molecule has 0 spiro atoms. The molecule has 0 atom stereocenters. The zero-order chi connectivity index (χ0) is 21.3. The molecule has 1 aromatic heterocycles. The molecule has 0 aliphatic carbocycles. The Bertz CT molecular complexity index is 985. The van der Waals surface area contributed by atoms with Crippen molar-refractivity contribution in [3.8, 4) is 22.8 Å². The molecule has 2 aromatic carbocycles. The van der Waals surface area contributed by atoms with E-state index in [1.54, 1.807) is 20.4 Å². The zero-order valence-electron chi connectivity index (χ0n) is 17.0. The number of hydrogen-bond acceptors (Lipinski definition) is 9. The van der Waals surface area contributed by atoms with Crippen LogP contribution in [0.1, 0.15) is 6.42 Å². The maximum atomic E-state index is 6.02. The average molecular weight is 427 g/mol. The van der Waals surface area contributed by atoms with E-state index in [0.717, 1.165) is 40.6 Å². The van der Waals surface area contributed by atoms with Gasteiger partial charge >= 0.3 is 0 Å². The molecule has 0 saturated heterocycles. The highest BCUT2D eigenvalue weighted by atomic mass is 32.2. The largest absolute Gasteiger partial charge is 0.495 e. The van der Waals surface area contributed by atoms with Crippen LogP contribution in [0.5, 0.6) is 11.5 Å². The first-order chi connectivity index (χ1) is 14.6. The number of benzene rings is 2. The maximum absolute atomic E-state index is 6.02. The number of rotatable bonds is 10. The first-order valence-corrected chi connectivity index (χ1v) is 10.3. The van der Waals surface area contributed by atoms with Crippen LogP contribution >= 0.6 is 11.9 Å². The normalized spacial score (nSPS) is 10.6. The van der Waals surface area contributed by atoms with Crippen LogP contribution in [0, 0.1) is 0 Å². The quantitative estimate of drug-likeness (QED) is 0.219. The van der Waals surface area contributed by atoms with E-state index in [9.17, 15) is 0 Å². The van der Waals surface area contributed by atoms with Gasteiger partial charge < -0.3 is 26.3 Å². The van der Waals surface area contributed by atoms with E-state index in [4.69, 9.17) is 20.9 Å². The van der Waals surface area contributed by atoms with Crippen molar-refractivity contribution in [2.24, 2.45) is 5.73 Å². The minimum atomic E-state index is 0.477. The van der Waals surface area contributed by atoms with Gasteiger partial charge in [0.05, 0.1) is 30.5 Å². The van der Waals surface area contributed by atoms with Crippen molar-refractivity contribution in [3.05, 3.63) is 48.7 Å². The first kappa shape index (κ1) is 21.7. The number of nitrogens with two attached hydrogens (primary N) is 2. The molecule has 3 aromatic rings. The van der Waals surface area contributed by atoms with Gasteiger partial charge in [0.2, 0.25) is 5.95 Å². The number of nitrogens with one attached hydrogen (secondary N) is 2. The average Bonchev–Trinajstić information content (AvgIpc) is 2.77. The molecular formula is C21H26N6O2S. The number of nitrogens with zero attached hydrogens (tertiary/aromatic N) is 2. The fourth-order valence-corrected chi connectivity index (χ4v) is 3.52. The Morgan fingerprint density at radius 1 is 1.03 bits per heavy atom. The molecule has 0 aliphatic heterocycles. The molecule has 6 N–H and O–H groups in total. The van der Waals surface area contributed by atoms with Gasteiger partial charge in [-0.05, 0) is 61.3 Å². The fraction of sp³-hybridized carbons (Fsp3) is 0.238. The Morgan fingerprint density at radius 2 is 1.87 bits per heavy atom. The van der Waals surface area contributed by atoms with Crippen LogP contribution in [0.2, 0.25) is 0 Å². The lowest BCUT2D eigenvalue weighted by Crippen LogP contribution is -2.11. The van der Waals surface area contributed by atoms with Gasteiger partial charge in [-0.3, -0.25) is 4.72 Å². The number of anilines is 3. The summed E-state index contributed by atoms with van der Waals surface area (Å²) < 4.78 is 14.0. The molecule has 158 valence electrons. The van der Waals surface area contributed by atoms with Crippen molar-refractivity contribution in [3.63, 3.8) is 0 Å². The van der Waals surface area contributed by atoms with E-state index >= 15 is 0 Å². The molecule has 0 unspecified atom stereocenters. The van der Waals surface area contributed by atoms with Gasteiger partial charge in [-0.2, -0.15) is 0 Å². The van der Waals surface area contributed by atoms with E-state index < -0.39 is 0 Å². The second-order valence-corrected chi connectivity index (χ2v) is 7.28. The van der Waals surface area contributed by atoms with E-state index in [-0.39, 0.29) is 0 Å². The summed E-state index contributed by atoms with van der Waals surface area (Å²) in [4.78, 5) is 9.90. The molecule has 8 nitrogen and oxygen atoms in total. The van der Waals surface area contributed by atoms with Crippen molar-refractivity contribution in [1.29, 1.82) is 0 Å². The van der Waals surface area contributed by atoms with Gasteiger partial charge in [0.1, 0.15) is 11.5 Å². The second kappa shape index (κ2) is 10.7. The lowest BCUT2D eigenvalue weighted by molar-refractivity contribution is 0.405. The van der Waals surface area contributed by atoms with E-state index in [1.165, 1.54) is 11.9 Å². The predicted molar refractivity (Wildman–Crippen MR) is 122 cm³/mol. The summed E-state index contributed by atoms with van der Waals surface area (Å²) in [5.74, 6) is 1.86. The first-order valence-electron chi connectivity index (χ1n) is 9.46. The van der Waals surface area contributed by atoms with Crippen LogP contribution in [-0.4, -0.2) is 37.3 Å². The minimum absolute atomic E-state index is 0.477. The molecule has 0 aliphatic rings. The highest BCUT2D eigenvalue weighted by Crippen LogP contribution is 2.32. The third-order valence-corrected chi connectivity index (χ3v) is 5.17. The smallest absolute Gasteiger partial charge is 0.227 e. The molecule has 30 heavy (non-hydrogen) atoms. The Kier molecular flexibility index (Phi) is 7.72. The van der Waals surface area contributed by atoms with Crippen molar-refractivity contribution < 1.29 is 9.47 Å². The topological polar surface area (TPSA) is 120 Å². The minimum Gasteiger partial charge on any atom is -0.495 e. The third-order valence-electron chi connectivity index (χ3n) is 4.27. The summed E-state index contributed by atoms with van der Waals surface area (Å²) in [6.07, 6.45) is 2.62. The molecule has 0 radical (unpaired) electrons. The molecule has 3 rings (SSSR count). The molecule has 0 amide bonds. The standard InChI is InChI=1S/C21H26N6O2S/c1-28-18-6-4-14(12-16(18)23)17-8-11-24-21(27-17)26-15-5-7-20(19(13-15)29-2)30-25-10-3-9-22/h4-8,11-13,25H,3,9-10,22-23H2,1-2H3,(H,24,26,27). The molecule has 0 bridgehead atoms. The van der Waals surface area contributed by atoms with Gasteiger partial charge in [-0.1, -0.05) is 0 Å². The summed E-state index contributed by atoms with van der Waals surface area (Å²) in [5.41, 5.74) is 14.6. The van der Waals surface area contributed by atoms with Crippen molar-refractivity contribution in [2.45, 2.75) is 11.3 Å². The molecule has 0 fully saturated rings. The Labute approximate surface area is 180 Å². The summed E-state index contributed by atoms with van der Waals surface area (Å²) in [5, 5.41) is 3.23. The number of ether oxygens (including phenoxy) is 2.